The first kappa shape index (κ1) is 8.90. The first-order valence-corrected chi connectivity index (χ1v) is 5.90. The van der Waals surface area contributed by atoms with E-state index in [-0.39, 0.29) is 5.60 Å². The van der Waals surface area contributed by atoms with Crippen LogP contribution in [0.4, 0.5) is 0 Å². The van der Waals surface area contributed by atoms with Gasteiger partial charge in [-0.3, -0.25) is 4.79 Å². The van der Waals surface area contributed by atoms with Crippen molar-refractivity contribution in [1.82, 2.24) is 0 Å². The van der Waals surface area contributed by atoms with Gasteiger partial charge in [0.2, 0.25) is 0 Å². The Morgan fingerprint density at radius 1 is 1.29 bits per heavy atom. The fraction of sp³-hybridized carbons (Fsp3) is 0.917. The molecule has 4 aliphatic carbocycles. The van der Waals surface area contributed by atoms with Crippen molar-refractivity contribution in [3.63, 3.8) is 0 Å². The van der Waals surface area contributed by atoms with Crippen LogP contribution < -0.4 is 0 Å². The standard InChI is InChI=1S/C12H18O2/c1-2-14-12-5-8-3-9(6-12)11(13)10(4-8)7-12/h8-10H,2-7H2,1H3. The average Bonchev–Trinajstić information content (AvgIpc) is 2.12. The molecule has 4 saturated carbocycles. The molecule has 78 valence electrons. The largest absolute Gasteiger partial charge is 0.375 e. The number of hydrogen-bond acceptors (Lipinski definition) is 2. The van der Waals surface area contributed by atoms with Crippen LogP contribution in [0.15, 0.2) is 0 Å². The highest BCUT2D eigenvalue weighted by molar-refractivity contribution is 5.85. The van der Waals surface area contributed by atoms with Crippen LogP contribution in [0, 0.1) is 17.8 Å². The van der Waals surface area contributed by atoms with E-state index in [9.17, 15) is 4.79 Å². The Bertz CT molecular complexity index is 253. The Balaban J connectivity index is 1.88. The van der Waals surface area contributed by atoms with Gasteiger partial charge in [-0.2, -0.15) is 0 Å². The highest BCUT2D eigenvalue weighted by Crippen LogP contribution is 2.55. The van der Waals surface area contributed by atoms with Crippen LogP contribution in [0.1, 0.15) is 39.0 Å². The maximum Gasteiger partial charge on any atom is 0.139 e. The molecule has 0 aromatic carbocycles. The van der Waals surface area contributed by atoms with Crippen LogP contribution in [-0.4, -0.2) is 18.0 Å². The lowest BCUT2D eigenvalue weighted by Crippen LogP contribution is -2.56. The van der Waals surface area contributed by atoms with Crippen molar-refractivity contribution in [3.8, 4) is 0 Å². The summed E-state index contributed by atoms with van der Waals surface area (Å²) < 4.78 is 5.94. The van der Waals surface area contributed by atoms with E-state index in [0.717, 1.165) is 38.2 Å². The number of carbonyl (C=O) groups is 1. The summed E-state index contributed by atoms with van der Waals surface area (Å²) in [5, 5.41) is 0. The molecule has 14 heavy (non-hydrogen) atoms. The number of Topliss-reactive ketones (excluding diaryl/α,β-unsaturated/α-hetero) is 1. The molecular formula is C12H18O2. The molecule has 2 nitrogen and oxygen atoms in total. The van der Waals surface area contributed by atoms with E-state index in [1.54, 1.807) is 0 Å². The second-order valence-electron chi connectivity index (χ2n) is 5.36. The molecule has 0 aromatic rings. The minimum atomic E-state index is 0.110. The van der Waals surface area contributed by atoms with Crippen molar-refractivity contribution >= 4 is 5.78 Å². The van der Waals surface area contributed by atoms with Gasteiger partial charge in [0.05, 0.1) is 5.60 Å². The van der Waals surface area contributed by atoms with Gasteiger partial charge in [0, 0.05) is 18.4 Å². The summed E-state index contributed by atoms with van der Waals surface area (Å²) >= 11 is 0. The predicted molar refractivity (Wildman–Crippen MR) is 52.9 cm³/mol. The van der Waals surface area contributed by atoms with Crippen molar-refractivity contribution in [2.24, 2.45) is 17.8 Å². The van der Waals surface area contributed by atoms with Crippen LogP contribution in [0.3, 0.4) is 0 Å². The van der Waals surface area contributed by atoms with E-state index < -0.39 is 0 Å². The summed E-state index contributed by atoms with van der Waals surface area (Å²) in [5.74, 6) is 2.05. The number of ether oxygens (including phenoxy) is 1. The summed E-state index contributed by atoms with van der Waals surface area (Å²) in [6, 6.07) is 0. The van der Waals surface area contributed by atoms with Gasteiger partial charge in [0.15, 0.2) is 0 Å². The molecule has 0 heterocycles. The number of rotatable bonds is 2. The molecule has 0 radical (unpaired) electrons. The molecule has 0 aromatic heterocycles. The molecule has 0 aliphatic heterocycles. The molecular weight excluding hydrogens is 176 g/mol. The highest BCUT2D eigenvalue weighted by Gasteiger charge is 2.55. The summed E-state index contributed by atoms with van der Waals surface area (Å²) in [6.45, 7) is 2.88. The monoisotopic (exact) mass is 194 g/mol. The quantitative estimate of drug-likeness (QED) is 0.673. The molecule has 4 fully saturated rings. The zero-order valence-electron chi connectivity index (χ0n) is 8.79. The molecule has 0 amide bonds. The number of hydrogen-bond donors (Lipinski definition) is 0. The third kappa shape index (κ3) is 1.10. The highest BCUT2D eigenvalue weighted by atomic mass is 16.5. The van der Waals surface area contributed by atoms with Gasteiger partial charge in [-0.25, -0.2) is 0 Å². The van der Waals surface area contributed by atoms with Gasteiger partial charge >= 0.3 is 0 Å². The van der Waals surface area contributed by atoms with Gasteiger partial charge in [-0.15, -0.1) is 0 Å². The van der Waals surface area contributed by atoms with Crippen LogP contribution in [0.25, 0.3) is 0 Å². The lowest BCUT2D eigenvalue weighted by atomic mass is 9.53. The van der Waals surface area contributed by atoms with Crippen molar-refractivity contribution in [2.75, 3.05) is 6.61 Å². The Hall–Kier alpha value is -0.370. The van der Waals surface area contributed by atoms with Crippen molar-refractivity contribution < 1.29 is 9.53 Å². The van der Waals surface area contributed by atoms with Crippen LogP contribution >= 0.6 is 0 Å². The minimum Gasteiger partial charge on any atom is -0.375 e. The molecule has 2 atom stereocenters. The summed E-state index contributed by atoms with van der Waals surface area (Å²) in [6.07, 6.45) is 5.58. The van der Waals surface area contributed by atoms with Crippen molar-refractivity contribution in [2.45, 2.75) is 44.6 Å². The fourth-order valence-electron chi connectivity index (χ4n) is 4.16. The first-order valence-electron chi connectivity index (χ1n) is 5.90. The van der Waals surface area contributed by atoms with Crippen LogP contribution in [0.5, 0.6) is 0 Å². The van der Waals surface area contributed by atoms with E-state index in [2.05, 4.69) is 6.92 Å². The zero-order valence-corrected chi connectivity index (χ0v) is 8.79. The zero-order chi connectivity index (χ0) is 9.76. The lowest BCUT2D eigenvalue weighted by molar-refractivity contribution is -0.174. The second kappa shape index (κ2) is 2.82. The molecule has 4 rings (SSSR count). The molecule has 2 heteroatoms. The Morgan fingerprint density at radius 2 is 1.93 bits per heavy atom. The Morgan fingerprint density at radius 3 is 2.50 bits per heavy atom. The fourth-order valence-corrected chi connectivity index (χ4v) is 4.16. The molecule has 0 saturated heterocycles. The number of carbonyl (C=O) groups excluding carboxylic acids is 1. The van der Waals surface area contributed by atoms with Crippen molar-refractivity contribution in [1.29, 1.82) is 0 Å². The predicted octanol–water partition coefficient (Wildman–Crippen LogP) is 2.17. The molecule has 0 N–H and O–H groups in total. The van der Waals surface area contributed by atoms with Crippen molar-refractivity contribution in [3.05, 3.63) is 0 Å². The summed E-state index contributed by atoms with van der Waals surface area (Å²) in [5.41, 5.74) is 0.110. The Labute approximate surface area is 85.0 Å². The molecule has 2 unspecified atom stereocenters. The molecule has 0 spiro atoms. The summed E-state index contributed by atoms with van der Waals surface area (Å²) in [4.78, 5) is 11.9. The van der Waals surface area contributed by atoms with Gasteiger partial charge in [0.1, 0.15) is 5.78 Å². The van der Waals surface area contributed by atoms with Gasteiger partial charge < -0.3 is 4.74 Å². The average molecular weight is 194 g/mol. The smallest absolute Gasteiger partial charge is 0.139 e. The van der Waals surface area contributed by atoms with E-state index in [4.69, 9.17) is 4.74 Å². The van der Waals surface area contributed by atoms with Gasteiger partial charge in [-0.05, 0) is 44.9 Å². The van der Waals surface area contributed by atoms with Gasteiger partial charge in [-0.1, -0.05) is 0 Å². The molecule has 4 aliphatic rings. The maximum atomic E-state index is 11.9. The van der Waals surface area contributed by atoms with E-state index in [1.165, 1.54) is 6.42 Å². The lowest BCUT2D eigenvalue weighted by Gasteiger charge is -2.55. The first-order chi connectivity index (χ1) is 6.72. The minimum absolute atomic E-state index is 0.110. The third-order valence-electron chi connectivity index (χ3n) is 4.39. The third-order valence-corrected chi connectivity index (χ3v) is 4.39. The van der Waals surface area contributed by atoms with Gasteiger partial charge in [0.25, 0.3) is 0 Å². The SMILES string of the molecule is CCOC12CC3CC(C1)C(=O)C(C3)C2. The maximum absolute atomic E-state index is 11.9. The topological polar surface area (TPSA) is 26.3 Å². The summed E-state index contributed by atoms with van der Waals surface area (Å²) in [7, 11) is 0. The Kier molecular flexibility index (Phi) is 1.79. The second-order valence-corrected chi connectivity index (χ2v) is 5.36. The van der Waals surface area contributed by atoms with Crippen LogP contribution in [-0.2, 0) is 9.53 Å². The van der Waals surface area contributed by atoms with E-state index in [1.807, 2.05) is 0 Å². The molecule has 4 bridgehead atoms. The van der Waals surface area contributed by atoms with E-state index >= 15 is 0 Å². The van der Waals surface area contributed by atoms with Crippen LogP contribution in [0.2, 0.25) is 0 Å². The normalized spacial score (nSPS) is 50.1. The van der Waals surface area contributed by atoms with E-state index in [0.29, 0.717) is 17.6 Å². The number of ketones is 1.